The van der Waals surface area contributed by atoms with E-state index >= 15 is 0 Å². The van der Waals surface area contributed by atoms with Crippen molar-refractivity contribution in [2.75, 3.05) is 38.3 Å². The summed E-state index contributed by atoms with van der Waals surface area (Å²) in [5, 5.41) is 9.38. The maximum atomic E-state index is 11.9. The predicted octanol–water partition coefficient (Wildman–Crippen LogP) is 2.86. The van der Waals surface area contributed by atoms with Crippen LogP contribution in [0.15, 0.2) is 48.5 Å². The Hall–Kier alpha value is -2.26. The molecule has 0 saturated carbocycles. The second kappa shape index (κ2) is 11.4. The van der Waals surface area contributed by atoms with Gasteiger partial charge < -0.3 is 14.7 Å². The van der Waals surface area contributed by atoms with Crippen LogP contribution >= 0.6 is 0 Å². The summed E-state index contributed by atoms with van der Waals surface area (Å²) in [4.78, 5) is 13.9. The van der Waals surface area contributed by atoms with E-state index in [0.29, 0.717) is 31.0 Å². The maximum absolute atomic E-state index is 11.9. The van der Waals surface area contributed by atoms with Crippen LogP contribution < -0.4 is 4.90 Å². The SMILES string of the molecule is COC(=O)c1ccc(CN(CCc2ccccc2N2CCC(CO)CC2)S(=O)O)cc1. The van der Waals surface area contributed by atoms with Gasteiger partial charge in [0.25, 0.3) is 0 Å². The molecule has 0 spiro atoms. The third kappa shape index (κ3) is 6.36. The van der Waals surface area contributed by atoms with E-state index in [1.165, 1.54) is 11.4 Å². The normalized spacial score (nSPS) is 15.8. The Balaban J connectivity index is 1.64. The first kappa shape index (κ1) is 23.4. The van der Waals surface area contributed by atoms with Crippen molar-refractivity contribution < 1.29 is 23.4 Å². The highest BCUT2D eigenvalue weighted by molar-refractivity contribution is 7.76. The third-order valence-corrected chi connectivity index (χ3v) is 6.54. The molecule has 31 heavy (non-hydrogen) atoms. The molecule has 0 amide bonds. The highest BCUT2D eigenvalue weighted by atomic mass is 32.2. The number of anilines is 1. The lowest BCUT2D eigenvalue weighted by atomic mass is 9.96. The number of piperidine rings is 1. The number of aliphatic hydroxyl groups excluding tert-OH is 1. The van der Waals surface area contributed by atoms with E-state index in [1.807, 2.05) is 12.1 Å². The molecule has 1 aliphatic rings. The molecule has 0 aliphatic carbocycles. The van der Waals surface area contributed by atoms with E-state index in [-0.39, 0.29) is 6.61 Å². The van der Waals surface area contributed by atoms with Crippen molar-refractivity contribution in [3.63, 3.8) is 0 Å². The number of hydrogen-bond acceptors (Lipinski definition) is 5. The van der Waals surface area contributed by atoms with Gasteiger partial charge in [-0.05, 0) is 54.5 Å². The number of para-hydroxylation sites is 1. The van der Waals surface area contributed by atoms with E-state index in [4.69, 9.17) is 4.74 Å². The molecule has 2 aromatic rings. The molecule has 8 heteroatoms. The Bertz CT molecular complexity index is 882. The standard InChI is InChI=1S/C23H30N2O5S/c1-30-23(27)21-8-6-18(7-9-21)16-25(31(28)29)15-12-20-4-2-3-5-22(20)24-13-10-19(17-26)11-14-24/h2-9,19,26H,10-17H2,1H3,(H,28,29). The van der Waals surface area contributed by atoms with Gasteiger partial charge in [0, 0.05) is 38.5 Å². The van der Waals surface area contributed by atoms with E-state index < -0.39 is 17.2 Å². The lowest BCUT2D eigenvalue weighted by Crippen LogP contribution is -2.35. The van der Waals surface area contributed by atoms with Crippen LogP contribution in [0, 0.1) is 5.92 Å². The fraction of sp³-hybridized carbons (Fsp3) is 0.435. The minimum Gasteiger partial charge on any atom is -0.465 e. The van der Waals surface area contributed by atoms with Gasteiger partial charge in [0.05, 0.1) is 12.7 Å². The van der Waals surface area contributed by atoms with Gasteiger partial charge in [0.15, 0.2) is 0 Å². The number of rotatable bonds is 9. The quantitative estimate of drug-likeness (QED) is 0.455. The Labute approximate surface area is 186 Å². The predicted molar refractivity (Wildman–Crippen MR) is 121 cm³/mol. The zero-order valence-corrected chi connectivity index (χ0v) is 18.6. The van der Waals surface area contributed by atoms with Gasteiger partial charge in [0.1, 0.15) is 0 Å². The topological polar surface area (TPSA) is 90.3 Å². The smallest absolute Gasteiger partial charge is 0.337 e. The van der Waals surface area contributed by atoms with Crippen LogP contribution in [-0.4, -0.2) is 57.5 Å². The lowest BCUT2D eigenvalue weighted by molar-refractivity contribution is 0.0600. The fourth-order valence-corrected chi connectivity index (χ4v) is 4.42. The van der Waals surface area contributed by atoms with Gasteiger partial charge in [-0.2, -0.15) is 4.31 Å². The number of ether oxygens (including phenoxy) is 1. The number of benzene rings is 2. The van der Waals surface area contributed by atoms with Crippen molar-refractivity contribution in [1.29, 1.82) is 0 Å². The molecule has 1 atom stereocenters. The Morgan fingerprint density at radius 3 is 2.45 bits per heavy atom. The van der Waals surface area contributed by atoms with Gasteiger partial charge in [0.2, 0.25) is 11.3 Å². The fourth-order valence-electron chi connectivity index (χ4n) is 3.91. The molecule has 0 aromatic heterocycles. The lowest BCUT2D eigenvalue weighted by Gasteiger charge is -2.34. The number of aliphatic hydroxyl groups is 1. The van der Waals surface area contributed by atoms with Crippen LogP contribution in [0.1, 0.15) is 34.3 Å². The van der Waals surface area contributed by atoms with Crippen LogP contribution in [0.25, 0.3) is 0 Å². The molecule has 168 valence electrons. The van der Waals surface area contributed by atoms with Crippen molar-refractivity contribution in [1.82, 2.24) is 4.31 Å². The Morgan fingerprint density at radius 1 is 1.16 bits per heavy atom. The van der Waals surface area contributed by atoms with Crippen molar-refractivity contribution in [2.24, 2.45) is 5.92 Å². The molecule has 0 bridgehead atoms. The van der Waals surface area contributed by atoms with E-state index in [9.17, 15) is 18.7 Å². The van der Waals surface area contributed by atoms with Crippen LogP contribution in [-0.2, 0) is 29.0 Å². The van der Waals surface area contributed by atoms with Gasteiger partial charge >= 0.3 is 5.97 Å². The third-order valence-electron chi connectivity index (χ3n) is 5.79. The molecule has 1 fully saturated rings. The van der Waals surface area contributed by atoms with Crippen molar-refractivity contribution in [3.05, 3.63) is 65.2 Å². The van der Waals surface area contributed by atoms with E-state index in [2.05, 4.69) is 17.0 Å². The molecule has 1 heterocycles. The summed E-state index contributed by atoms with van der Waals surface area (Å²) in [5.41, 5.74) is 3.59. The molecule has 0 radical (unpaired) electrons. The zero-order chi connectivity index (χ0) is 22.2. The summed E-state index contributed by atoms with van der Waals surface area (Å²) in [6, 6.07) is 15.0. The molecule has 2 N–H and O–H groups in total. The van der Waals surface area contributed by atoms with Crippen molar-refractivity contribution >= 4 is 22.9 Å². The maximum Gasteiger partial charge on any atom is 0.337 e. The minimum absolute atomic E-state index is 0.243. The summed E-state index contributed by atoms with van der Waals surface area (Å²) in [6.07, 6.45) is 2.58. The minimum atomic E-state index is -2.11. The summed E-state index contributed by atoms with van der Waals surface area (Å²) in [6.45, 7) is 2.78. The molecule has 1 saturated heterocycles. The Morgan fingerprint density at radius 2 is 1.84 bits per heavy atom. The van der Waals surface area contributed by atoms with Crippen LogP contribution in [0.2, 0.25) is 0 Å². The molecular formula is C23H30N2O5S. The molecule has 1 unspecified atom stereocenters. The molecule has 7 nitrogen and oxygen atoms in total. The zero-order valence-electron chi connectivity index (χ0n) is 17.8. The summed E-state index contributed by atoms with van der Waals surface area (Å²) < 4.78 is 27.9. The number of hydrogen-bond donors (Lipinski definition) is 2. The average molecular weight is 447 g/mol. The van der Waals surface area contributed by atoms with Crippen LogP contribution in [0.3, 0.4) is 0 Å². The van der Waals surface area contributed by atoms with Gasteiger partial charge in [-0.1, -0.05) is 30.3 Å². The summed E-state index contributed by atoms with van der Waals surface area (Å²) >= 11 is -2.11. The number of carbonyl (C=O) groups is 1. The van der Waals surface area contributed by atoms with E-state index in [0.717, 1.165) is 42.7 Å². The van der Waals surface area contributed by atoms with Crippen LogP contribution in [0.4, 0.5) is 5.69 Å². The highest BCUT2D eigenvalue weighted by Gasteiger charge is 2.21. The number of carbonyl (C=O) groups excluding carboxylic acids is 1. The second-order valence-electron chi connectivity index (χ2n) is 7.77. The average Bonchev–Trinajstić information content (AvgIpc) is 2.81. The number of nitrogens with zero attached hydrogens (tertiary/aromatic N) is 2. The van der Waals surface area contributed by atoms with Gasteiger partial charge in [-0.15, -0.1) is 0 Å². The molecular weight excluding hydrogens is 416 g/mol. The summed E-state index contributed by atoms with van der Waals surface area (Å²) in [7, 11) is 1.33. The highest BCUT2D eigenvalue weighted by Crippen LogP contribution is 2.27. The first-order valence-corrected chi connectivity index (χ1v) is 11.5. The Kier molecular flexibility index (Phi) is 8.60. The number of esters is 1. The number of methoxy groups -OCH3 is 1. The van der Waals surface area contributed by atoms with Crippen LogP contribution in [0.5, 0.6) is 0 Å². The van der Waals surface area contributed by atoms with E-state index in [1.54, 1.807) is 24.3 Å². The molecule has 1 aliphatic heterocycles. The summed E-state index contributed by atoms with van der Waals surface area (Å²) in [5.74, 6) is -0.0324. The van der Waals surface area contributed by atoms with Crippen molar-refractivity contribution in [2.45, 2.75) is 25.8 Å². The largest absolute Gasteiger partial charge is 0.465 e. The molecule has 3 rings (SSSR count). The van der Waals surface area contributed by atoms with Gasteiger partial charge in [-0.3, -0.25) is 4.55 Å². The van der Waals surface area contributed by atoms with Crippen molar-refractivity contribution in [3.8, 4) is 0 Å². The first-order valence-electron chi connectivity index (χ1n) is 10.5. The second-order valence-corrected chi connectivity index (χ2v) is 8.75. The molecule has 2 aromatic carbocycles. The monoisotopic (exact) mass is 446 g/mol. The first-order chi connectivity index (χ1) is 15.0. The van der Waals surface area contributed by atoms with Gasteiger partial charge in [-0.25, -0.2) is 9.00 Å².